The topological polar surface area (TPSA) is 75.7 Å². The van der Waals surface area contributed by atoms with Crippen molar-refractivity contribution in [1.82, 2.24) is 4.67 Å². The first kappa shape index (κ1) is 31.2. The Kier molecular flexibility index (Phi) is 10.2. The number of hydrogen-bond acceptors (Lipinski definition) is 7. The molecule has 2 saturated heterocycles. The van der Waals surface area contributed by atoms with Crippen molar-refractivity contribution in [2.75, 3.05) is 34.0 Å². The number of carbonyl (C=O) groups is 1. The van der Waals surface area contributed by atoms with Gasteiger partial charge < -0.3 is 28.0 Å². The van der Waals surface area contributed by atoms with Crippen LogP contribution >= 0.6 is 8.53 Å². The Morgan fingerprint density at radius 2 is 1.60 bits per heavy atom. The zero-order chi connectivity index (χ0) is 30.4. The summed E-state index contributed by atoms with van der Waals surface area (Å²) in [6.07, 6.45) is 0.282. The van der Waals surface area contributed by atoms with E-state index >= 15 is 0 Å². The van der Waals surface area contributed by atoms with E-state index in [2.05, 4.69) is 6.58 Å². The zero-order valence-electron chi connectivity index (χ0n) is 24.1. The molecule has 0 saturated carbocycles. The van der Waals surface area contributed by atoms with Gasteiger partial charge in [-0.05, 0) is 47.4 Å². The van der Waals surface area contributed by atoms with E-state index in [0.717, 1.165) is 16.7 Å². The van der Waals surface area contributed by atoms with E-state index in [9.17, 15) is 9.18 Å². The number of amides is 1. The number of hydrogen-bond donors (Lipinski definition) is 0. The molecule has 1 amide bonds. The molecule has 0 bridgehead atoms. The molecule has 5 rings (SSSR count). The van der Waals surface area contributed by atoms with Gasteiger partial charge in [0.25, 0.3) is 14.4 Å². The molecule has 0 spiro atoms. The molecule has 5 atom stereocenters. The van der Waals surface area contributed by atoms with Crippen molar-refractivity contribution in [2.45, 2.75) is 36.3 Å². The molecule has 224 valence electrons. The fourth-order valence-corrected chi connectivity index (χ4v) is 6.95. The second kappa shape index (κ2) is 14.0. The number of nitrogens with zero attached hydrogens (tertiary/aromatic N) is 1. The van der Waals surface area contributed by atoms with Crippen molar-refractivity contribution in [3.05, 3.63) is 108 Å². The number of methoxy groups -OCH3 is 2. The van der Waals surface area contributed by atoms with Crippen LogP contribution in [-0.4, -0.2) is 76.8 Å². The number of benzene rings is 3. The van der Waals surface area contributed by atoms with E-state index in [-0.39, 0.29) is 13.2 Å². The van der Waals surface area contributed by atoms with Crippen LogP contribution < -0.4 is 9.47 Å². The molecule has 2 radical (unpaired) electrons. The van der Waals surface area contributed by atoms with Crippen LogP contribution in [-0.2, 0) is 28.9 Å². The molecule has 3 aromatic carbocycles. The molecule has 2 heterocycles. The summed E-state index contributed by atoms with van der Waals surface area (Å²) >= 11 is 0. The Hall–Kier alpha value is -3.27. The van der Waals surface area contributed by atoms with Crippen LogP contribution in [0.5, 0.6) is 11.5 Å². The Bertz CT molecular complexity index is 1320. The molecule has 3 aromatic rings. The Labute approximate surface area is 254 Å². The van der Waals surface area contributed by atoms with Crippen LogP contribution in [0.25, 0.3) is 0 Å². The van der Waals surface area contributed by atoms with E-state index in [0.29, 0.717) is 17.9 Å². The van der Waals surface area contributed by atoms with Gasteiger partial charge in [0.1, 0.15) is 37.2 Å². The highest BCUT2D eigenvalue weighted by Crippen LogP contribution is 2.52. The maximum absolute atomic E-state index is 13.3. The van der Waals surface area contributed by atoms with Gasteiger partial charge in [0, 0.05) is 6.00 Å². The Morgan fingerprint density at radius 1 is 1.02 bits per heavy atom. The van der Waals surface area contributed by atoms with Crippen molar-refractivity contribution >= 4 is 22.3 Å². The zero-order valence-corrected chi connectivity index (χ0v) is 25.0. The highest BCUT2D eigenvalue weighted by Gasteiger charge is 2.45. The fraction of sp³-hybridized carbons (Fsp3) is 0.344. The lowest BCUT2D eigenvalue weighted by Gasteiger charge is -2.37. The van der Waals surface area contributed by atoms with Gasteiger partial charge in [0.2, 0.25) is 0 Å². The minimum Gasteiger partial charge on any atom is -0.497 e. The second-order valence-corrected chi connectivity index (χ2v) is 11.5. The van der Waals surface area contributed by atoms with E-state index in [1.54, 1.807) is 20.3 Å². The van der Waals surface area contributed by atoms with Crippen LogP contribution in [0.4, 0.5) is 4.39 Å². The molecular formula is C32H34BFNO7P. The number of ether oxygens (including phenoxy) is 4. The smallest absolute Gasteiger partial charge is 0.293 e. The van der Waals surface area contributed by atoms with Gasteiger partial charge in [-0.1, -0.05) is 60.7 Å². The summed E-state index contributed by atoms with van der Waals surface area (Å²) < 4.78 is 50.7. The molecule has 11 heteroatoms. The van der Waals surface area contributed by atoms with Crippen LogP contribution in [0.2, 0.25) is 0 Å². The molecule has 2 aliphatic rings. The summed E-state index contributed by atoms with van der Waals surface area (Å²) in [5.41, 5.74) is 1.55. The largest absolute Gasteiger partial charge is 0.497 e. The number of carbonyl (C=O) groups excluding carboxylic acids is 1. The SMILES string of the molecule is [B]C1CC(OP2OC(C=C)CN2C(=O)CF)C(COC(c2ccccc2)(c2ccc(OC)cc2)c2ccc(OC)cc2)O1. The molecule has 2 aliphatic heterocycles. The third-order valence-electron chi connectivity index (χ3n) is 7.53. The Balaban J connectivity index is 1.49. The first-order valence-corrected chi connectivity index (χ1v) is 15.1. The maximum Gasteiger partial charge on any atom is 0.293 e. The van der Waals surface area contributed by atoms with Gasteiger partial charge in [-0.25, -0.2) is 4.39 Å². The minimum atomic E-state index is -1.88. The summed E-state index contributed by atoms with van der Waals surface area (Å²) in [4.78, 5) is 12.3. The minimum absolute atomic E-state index is 0.0798. The molecule has 0 N–H and O–H groups in total. The van der Waals surface area contributed by atoms with Crippen molar-refractivity contribution < 1.29 is 37.2 Å². The average Bonchev–Trinajstić information content (AvgIpc) is 3.64. The second-order valence-electron chi connectivity index (χ2n) is 10.1. The molecule has 43 heavy (non-hydrogen) atoms. The molecule has 8 nitrogen and oxygen atoms in total. The van der Waals surface area contributed by atoms with Crippen molar-refractivity contribution in [3.63, 3.8) is 0 Å². The lowest BCUT2D eigenvalue weighted by molar-refractivity contribution is -0.127. The third kappa shape index (κ3) is 6.64. The number of alkyl halides is 1. The first-order chi connectivity index (χ1) is 20.9. The van der Waals surface area contributed by atoms with Crippen LogP contribution in [0.15, 0.2) is 91.5 Å². The van der Waals surface area contributed by atoms with E-state index < -0.39 is 51.0 Å². The van der Waals surface area contributed by atoms with Crippen LogP contribution in [0.1, 0.15) is 23.1 Å². The Morgan fingerprint density at radius 3 is 2.14 bits per heavy atom. The predicted octanol–water partition coefficient (Wildman–Crippen LogP) is 5.29. The fourth-order valence-electron chi connectivity index (χ4n) is 5.31. The first-order valence-electron chi connectivity index (χ1n) is 13.9. The van der Waals surface area contributed by atoms with Crippen molar-refractivity contribution in [2.24, 2.45) is 0 Å². The quantitative estimate of drug-likeness (QED) is 0.120. The highest BCUT2D eigenvalue weighted by molar-refractivity contribution is 7.45. The van der Waals surface area contributed by atoms with E-state index in [4.69, 9.17) is 35.8 Å². The van der Waals surface area contributed by atoms with Gasteiger partial charge >= 0.3 is 0 Å². The number of rotatable bonds is 12. The molecular weight excluding hydrogens is 571 g/mol. The summed E-state index contributed by atoms with van der Waals surface area (Å²) in [6, 6.07) is 24.7. The number of halogens is 1. The van der Waals surface area contributed by atoms with Crippen LogP contribution in [0, 0.1) is 0 Å². The van der Waals surface area contributed by atoms with Gasteiger partial charge in [-0.3, -0.25) is 9.46 Å². The van der Waals surface area contributed by atoms with E-state index in [1.165, 1.54) is 4.67 Å². The summed E-state index contributed by atoms with van der Waals surface area (Å²) in [6.45, 7) is 2.84. The molecule has 0 aromatic heterocycles. The predicted molar refractivity (Wildman–Crippen MR) is 162 cm³/mol. The maximum atomic E-state index is 13.3. The molecule has 5 unspecified atom stereocenters. The van der Waals surface area contributed by atoms with Crippen molar-refractivity contribution in [3.8, 4) is 11.5 Å². The summed E-state index contributed by atoms with van der Waals surface area (Å²) in [5.74, 6) is 0.722. The lowest BCUT2D eigenvalue weighted by atomic mass is 9.80. The average molecular weight is 605 g/mol. The van der Waals surface area contributed by atoms with Gasteiger partial charge in [-0.15, -0.1) is 6.58 Å². The summed E-state index contributed by atoms with van der Waals surface area (Å²) in [7, 11) is 7.58. The standard InChI is InChI=1S/C32H34BFNO7P/c1-4-25-20-35(31(36)19-34)43(41-25)42-28-18-30(33)40-29(28)21-39-32(22-8-6-5-7-9-22,23-10-14-26(37-2)15-11-23)24-12-16-27(38-3)17-13-24/h4-17,25,28-30H,1,18-21H2,2-3H3. The van der Waals surface area contributed by atoms with Gasteiger partial charge in [-0.2, -0.15) is 0 Å². The third-order valence-corrected chi connectivity index (χ3v) is 9.22. The van der Waals surface area contributed by atoms with Crippen molar-refractivity contribution in [1.29, 1.82) is 0 Å². The molecule has 0 aliphatic carbocycles. The molecule has 2 fully saturated rings. The highest BCUT2D eigenvalue weighted by atomic mass is 31.2. The van der Waals surface area contributed by atoms with E-state index in [1.807, 2.05) is 78.9 Å². The monoisotopic (exact) mass is 605 g/mol. The normalized spacial score (nSPS) is 23.7. The summed E-state index contributed by atoms with van der Waals surface area (Å²) in [5, 5.41) is 0. The van der Waals surface area contributed by atoms with Crippen LogP contribution in [0.3, 0.4) is 0 Å². The lowest BCUT2D eigenvalue weighted by Crippen LogP contribution is -2.38. The van der Waals surface area contributed by atoms with Gasteiger partial charge in [0.05, 0.1) is 33.5 Å². The van der Waals surface area contributed by atoms with Gasteiger partial charge in [0.15, 0.2) is 6.67 Å².